The molecule has 0 saturated carbocycles. The van der Waals surface area contributed by atoms with Gasteiger partial charge in [-0.05, 0) is 86.4 Å². The summed E-state index contributed by atoms with van der Waals surface area (Å²) >= 11 is 0. The zero-order valence-corrected chi connectivity index (χ0v) is 19.0. The van der Waals surface area contributed by atoms with Gasteiger partial charge in [0.05, 0.1) is 5.60 Å². The average molecular weight is 436 g/mol. The fraction of sp³-hybridized carbons (Fsp3) is 0.407. The third-order valence-corrected chi connectivity index (χ3v) is 5.83. The number of fused-ring (bicyclic) bond motifs is 1. The minimum atomic E-state index is -0.921. The number of aromatic hydroxyl groups is 1. The Morgan fingerprint density at radius 1 is 0.938 bits per heavy atom. The Bertz CT molecular complexity index is 1030. The van der Waals surface area contributed by atoms with Crippen LogP contribution in [0.1, 0.15) is 37.8 Å². The van der Waals surface area contributed by atoms with E-state index in [1.165, 1.54) is 25.9 Å². The molecule has 1 saturated heterocycles. The molecule has 0 amide bonds. The molecule has 3 aromatic rings. The molecular formula is C27H33NO4. The summed E-state index contributed by atoms with van der Waals surface area (Å²) in [4.78, 5) is 2.45. The first-order valence-electron chi connectivity index (χ1n) is 11.4. The fourth-order valence-corrected chi connectivity index (χ4v) is 4.14. The molecule has 32 heavy (non-hydrogen) atoms. The minimum Gasteiger partial charge on any atom is -0.508 e. The number of nitrogens with zero attached hydrogens (tertiary/aromatic N) is 1. The lowest BCUT2D eigenvalue weighted by Gasteiger charge is -2.20. The van der Waals surface area contributed by atoms with E-state index >= 15 is 0 Å². The molecule has 0 aliphatic carbocycles. The van der Waals surface area contributed by atoms with Crippen LogP contribution in [0.4, 0.5) is 0 Å². The van der Waals surface area contributed by atoms with Crippen LogP contribution in [0.5, 0.6) is 17.2 Å². The summed E-state index contributed by atoms with van der Waals surface area (Å²) < 4.78 is 11.9. The molecule has 0 bridgehead atoms. The van der Waals surface area contributed by atoms with Crippen LogP contribution >= 0.6 is 0 Å². The predicted molar refractivity (Wildman–Crippen MR) is 128 cm³/mol. The lowest BCUT2D eigenvalue weighted by molar-refractivity contribution is 0.0282. The third-order valence-electron chi connectivity index (χ3n) is 5.83. The largest absolute Gasteiger partial charge is 0.508 e. The van der Waals surface area contributed by atoms with Gasteiger partial charge in [-0.2, -0.15) is 0 Å². The first-order chi connectivity index (χ1) is 15.4. The van der Waals surface area contributed by atoms with Gasteiger partial charge in [-0.1, -0.05) is 24.3 Å². The van der Waals surface area contributed by atoms with Crippen LogP contribution in [0.15, 0.2) is 54.6 Å². The van der Waals surface area contributed by atoms with Crippen molar-refractivity contribution in [3.63, 3.8) is 0 Å². The van der Waals surface area contributed by atoms with Gasteiger partial charge in [0.1, 0.15) is 30.5 Å². The lowest BCUT2D eigenvalue weighted by atomic mass is 9.97. The molecule has 1 aliphatic heterocycles. The molecule has 0 aromatic heterocycles. The monoisotopic (exact) mass is 435 g/mol. The van der Waals surface area contributed by atoms with Crippen molar-refractivity contribution in [1.29, 1.82) is 0 Å². The molecule has 4 rings (SSSR count). The Labute approximate surface area is 190 Å². The number of phenols is 1. The van der Waals surface area contributed by atoms with E-state index in [2.05, 4.69) is 17.0 Å². The Morgan fingerprint density at radius 2 is 1.69 bits per heavy atom. The summed E-state index contributed by atoms with van der Waals surface area (Å²) in [5.41, 5.74) is 1.26. The van der Waals surface area contributed by atoms with E-state index in [1.54, 1.807) is 26.0 Å². The summed E-state index contributed by atoms with van der Waals surface area (Å²) in [6.07, 6.45) is 3.27. The number of aliphatic hydroxyl groups is 1. The molecule has 2 N–H and O–H groups in total. The van der Waals surface area contributed by atoms with E-state index in [9.17, 15) is 10.2 Å². The maximum atomic E-state index is 10.1. The molecule has 5 heteroatoms. The highest BCUT2D eigenvalue weighted by Crippen LogP contribution is 2.33. The van der Waals surface area contributed by atoms with Crippen molar-refractivity contribution in [2.45, 2.75) is 38.7 Å². The fourth-order valence-electron chi connectivity index (χ4n) is 4.14. The van der Waals surface area contributed by atoms with Gasteiger partial charge in [-0.3, -0.25) is 4.90 Å². The van der Waals surface area contributed by atoms with Crippen molar-refractivity contribution < 1.29 is 19.7 Å². The third kappa shape index (κ3) is 5.93. The Kier molecular flexibility index (Phi) is 6.87. The first-order valence-corrected chi connectivity index (χ1v) is 11.4. The molecule has 1 heterocycles. The Balaban J connectivity index is 1.50. The molecule has 0 radical (unpaired) electrons. The normalized spacial score (nSPS) is 14.7. The number of likely N-dealkylation sites (tertiary alicyclic amines) is 1. The molecule has 0 unspecified atom stereocenters. The van der Waals surface area contributed by atoms with E-state index < -0.39 is 5.60 Å². The standard InChI is InChI=1S/C27H33NO4/c1-27(2,30)19-32-26-12-7-21-18-22(29)8-11-24(21)25(26)17-20-5-9-23(10-6-20)31-16-15-28-13-3-4-14-28/h5-12,18,29-30H,3-4,13-17,19H2,1-2H3. The molecule has 1 fully saturated rings. The van der Waals surface area contributed by atoms with Gasteiger partial charge in [0.15, 0.2) is 0 Å². The van der Waals surface area contributed by atoms with Crippen molar-refractivity contribution in [1.82, 2.24) is 4.90 Å². The Morgan fingerprint density at radius 3 is 2.41 bits per heavy atom. The number of rotatable bonds is 9. The second kappa shape index (κ2) is 9.80. The van der Waals surface area contributed by atoms with E-state index in [0.717, 1.165) is 39.9 Å². The van der Waals surface area contributed by atoms with Crippen molar-refractivity contribution >= 4 is 10.8 Å². The Hall–Kier alpha value is -2.76. The number of benzene rings is 3. The van der Waals surface area contributed by atoms with Crippen molar-refractivity contribution in [3.05, 3.63) is 65.7 Å². The van der Waals surface area contributed by atoms with Crippen LogP contribution in [-0.2, 0) is 6.42 Å². The van der Waals surface area contributed by atoms with Gasteiger partial charge in [0.25, 0.3) is 0 Å². The molecule has 1 aliphatic rings. The highest BCUT2D eigenvalue weighted by atomic mass is 16.5. The van der Waals surface area contributed by atoms with E-state index in [0.29, 0.717) is 13.0 Å². The molecule has 3 aromatic carbocycles. The molecule has 0 spiro atoms. The smallest absolute Gasteiger partial charge is 0.123 e. The number of hydrogen-bond acceptors (Lipinski definition) is 5. The van der Waals surface area contributed by atoms with Gasteiger partial charge < -0.3 is 19.7 Å². The van der Waals surface area contributed by atoms with Gasteiger partial charge in [-0.15, -0.1) is 0 Å². The van der Waals surface area contributed by atoms with E-state index in [1.807, 2.05) is 30.3 Å². The SMILES string of the molecule is CC(C)(O)COc1ccc2cc(O)ccc2c1Cc1ccc(OCCN2CCCC2)cc1. The van der Waals surface area contributed by atoms with Crippen LogP contribution < -0.4 is 9.47 Å². The molecule has 170 valence electrons. The first kappa shape index (κ1) is 22.4. The molecular weight excluding hydrogens is 402 g/mol. The number of hydrogen-bond donors (Lipinski definition) is 2. The van der Waals surface area contributed by atoms with Crippen LogP contribution in [0, 0.1) is 0 Å². The van der Waals surface area contributed by atoms with Gasteiger partial charge >= 0.3 is 0 Å². The highest BCUT2D eigenvalue weighted by Gasteiger charge is 2.17. The summed E-state index contributed by atoms with van der Waals surface area (Å²) in [6.45, 7) is 7.72. The van der Waals surface area contributed by atoms with Crippen LogP contribution in [0.2, 0.25) is 0 Å². The quantitative estimate of drug-likeness (QED) is 0.507. The second-order valence-electron chi connectivity index (χ2n) is 9.27. The number of phenolic OH excluding ortho intramolecular Hbond substituents is 1. The van der Waals surface area contributed by atoms with Gasteiger partial charge in [0.2, 0.25) is 0 Å². The van der Waals surface area contributed by atoms with E-state index in [4.69, 9.17) is 9.47 Å². The van der Waals surface area contributed by atoms with Crippen LogP contribution in [-0.4, -0.2) is 53.6 Å². The van der Waals surface area contributed by atoms with Gasteiger partial charge in [-0.25, -0.2) is 0 Å². The van der Waals surface area contributed by atoms with Crippen LogP contribution in [0.25, 0.3) is 10.8 Å². The van der Waals surface area contributed by atoms with Gasteiger partial charge in [0, 0.05) is 18.5 Å². The second-order valence-corrected chi connectivity index (χ2v) is 9.27. The maximum Gasteiger partial charge on any atom is 0.123 e. The average Bonchev–Trinajstić information content (AvgIpc) is 3.27. The summed E-state index contributed by atoms with van der Waals surface area (Å²) in [6, 6.07) is 17.5. The summed E-state index contributed by atoms with van der Waals surface area (Å²) in [5, 5.41) is 22.0. The topological polar surface area (TPSA) is 62.2 Å². The minimum absolute atomic E-state index is 0.202. The zero-order chi connectivity index (χ0) is 22.6. The lowest BCUT2D eigenvalue weighted by Crippen LogP contribution is -2.28. The molecule has 0 atom stereocenters. The highest BCUT2D eigenvalue weighted by molar-refractivity contribution is 5.89. The predicted octanol–water partition coefficient (Wildman–Crippen LogP) is 4.76. The summed E-state index contributed by atoms with van der Waals surface area (Å²) in [5.74, 6) is 1.87. The summed E-state index contributed by atoms with van der Waals surface area (Å²) in [7, 11) is 0. The van der Waals surface area contributed by atoms with Crippen molar-refractivity contribution in [2.75, 3.05) is 32.8 Å². The van der Waals surface area contributed by atoms with Crippen molar-refractivity contribution in [2.24, 2.45) is 0 Å². The maximum absolute atomic E-state index is 10.1. The van der Waals surface area contributed by atoms with Crippen molar-refractivity contribution in [3.8, 4) is 17.2 Å². The van der Waals surface area contributed by atoms with E-state index in [-0.39, 0.29) is 12.4 Å². The van der Waals surface area contributed by atoms with Crippen LogP contribution in [0.3, 0.4) is 0 Å². The number of ether oxygens (including phenoxy) is 2. The zero-order valence-electron chi connectivity index (χ0n) is 19.0. The molecule has 5 nitrogen and oxygen atoms in total.